The number of aromatic nitrogens is 4. The Hall–Kier alpha value is -3.96. The summed E-state index contributed by atoms with van der Waals surface area (Å²) in [5.41, 5.74) is -0.237. The van der Waals surface area contributed by atoms with Crippen molar-refractivity contribution in [2.24, 2.45) is 0 Å². The van der Waals surface area contributed by atoms with Gasteiger partial charge in [0.15, 0.2) is 11.6 Å². The number of aryl methyl sites for hydroxylation is 1. The lowest BCUT2D eigenvalue weighted by atomic mass is 10.2. The average Bonchev–Trinajstić information content (AvgIpc) is 3.48. The number of H-pyrrole nitrogens is 1. The van der Waals surface area contributed by atoms with Gasteiger partial charge in [0.2, 0.25) is 11.8 Å². The lowest BCUT2D eigenvalue weighted by Gasteiger charge is -2.17. The van der Waals surface area contributed by atoms with Crippen LogP contribution < -0.4 is 16.2 Å². The van der Waals surface area contributed by atoms with Gasteiger partial charge >= 0.3 is 6.09 Å². The third-order valence-electron chi connectivity index (χ3n) is 5.51. The summed E-state index contributed by atoms with van der Waals surface area (Å²) in [6, 6.07) is 6.82. The molecule has 2 amide bonds. The van der Waals surface area contributed by atoms with E-state index in [1.54, 1.807) is 12.1 Å². The van der Waals surface area contributed by atoms with Gasteiger partial charge in [-0.1, -0.05) is 23.4 Å². The predicted molar refractivity (Wildman–Crippen MR) is 118 cm³/mol. The number of hydrogen-bond donors (Lipinski definition) is 4. The molecule has 3 heterocycles. The number of rotatable bonds is 9. The molecule has 1 aliphatic rings. The first-order valence-corrected chi connectivity index (χ1v) is 10.8. The van der Waals surface area contributed by atoms with Gasteiger partial charge < -0.3 is 20.3 Å². The van der Waals surface area contributed by atoms with Crippen LogP contribution in [0.25, 0.3) is 10.8 Å². The van der Waals surface area contributed by atoms with Crippen LogP contribution >= 0.6 is 0 Å². The number of anilines is 1. The summed E-state index contributed by atoms with van der Waals surface area (Å²) in [6.07, 6.45) is 1.55. The van der Waals surface area contributed by atoms with Gasteiger partial charge in [0.1, 0.15) is 0 Å². The second-order valence-corrected chi connectivity index (χ2v) is 7.76. The molecule has 1 saturated heterocycles. The molecule has 174 valence electrons. The quantitative estimate of drug-likeness (QED) is 0.351. The SMILES string of the molecule is O=C(CCc1nc(C2CCCN2C(=O)O)no1)NCCCNc1n[nH]c(=O)c2ccccc12. The Morgan fingerprint density at radius 3 is 2.88 bits per heavy atom. The van der Waals surface area contributed by atoms with Crippen LogP contribution in [0, 0.1) is 0 Å². The summed E-state index contributed by atoms with van der Waals surface area (Å²) in [7, 11) is 0. The van der Waals surface area contributed by atoms with Gasteiger partial charge in [0.05, 0.1) is 11.4 Å². The minimum Gasteiger partial charge on any atom is -0.465 e. The highest BCUT2D eigenvalue weighted by Crippen LogP contribution is 2.30. The molecule has 0 radical (unpaired) electrons. The van der Waals surface area contributed by atoms with Crippen LogP contribution in [0.2, 0.25) is 0 Å². The van der Waals surface area contributed by atoms with Crippen molar-refractivity contribution < 1.29 is 19.2 Å². The van der Waals surface area contributed by atoms with Crippen molar-refractivity contribution in [1.29, 1.82) is 0 Å². The van der Waals surface area contributed by atoms with Crippen molar-refractivity contribution in [3.63, 3.8) is 0 Å². The molecule has 3 aromatic rings. The molecule has 12 nitrogen and oxygen atoms in total. The average molecular weight is 455 g/mol. The van der Waals surface area contributed by atoms with Crippen molar-refractivity contribution in [2.45, 2.75) is 38.1 Å². The molecule has 1 aliphatic heterocycles. The topological polar surface area (TPSA) is 166 Å². The van der Waals surface area contributed by atoms with Gasteiger partial charge in [-0.2, -0.15) is 10.1 Å². The summed E-state index contributed by atoms with van der Waals surface area (Å²) in [6.45, 7) is 1.49. The number of likely N-dealkylation sites (tertiary alicyclic amines) is 1. The highest BCUT2D eigenvalue weighted by atomic mass is 16.5. The van der Waals surface area contributed by atoms with Crippen LogP contribution in [0.3, 0.4) is 0 Å². The number of carbonyl (C=O) groups excluding carboxylic acids is 1. The monoisotopic (exact) mass is 455 g/mol. The van der Waals surface area contributed by atoms with Gasteiger partial charge in [-0.15, -0.1) is 0 Å². The summed E-state index contributed by atoms with van der Waals surface area (Å²) in [4.78, 5) is 40.8. The zero-order valence-electron chi connectivity index (χ0n) is 17.9. The van der Waals surface area contributed by atoms with Crippen molar-refractivity contribution >= 4 is 28.6 Å². The Morgan fingerprint density at radius 2 is 2.06 bits per heavy atom. The number of carbonyl (C=O) groups is 2. The summed E-state index contributed by atoms with van der Waals surface area (Å²) < 4.78 is 5.19. The largest absolute Gasteiger partial charge is 0.465 e. The lowest BCUT2D eigenvalue weighted by molar-refractivity contribution is -0.121. The minimum atomic E-state index is -0.998. The number of nitrogens with zero attached hydrogens (tertiary/aromatic N) is 4. The van der Waals surface area contributed by atoms with Crippen LogP contribution in [0.15, 0.2) is 33.6 Å². The summed E-state index contributed by atoms with van der Waals surface area (Å²) in [5.74, 6) is 1.11. The molecule has 0 saturated carbocycles. The molecule has 1 unspecified atom stereocenters. The number of benzene rings is 1. The van der Waals surface area contributed by atoms with Gasteiger partial charge in [-0.3, -0.25) is 14.5 Å². The molecule has 0 aliphatic carbocycles. The Bertz CT molecular complexity index is 1190. The van der Waals surface area contributed by atoms with E-state index < -0.39 is 12.1 Å². The van der Waals surface area contributed by atoms with Crippen LogP contribution in [0.4, 0.5) is 10.6 Å². The second kappa shape index (κ2) is 10.1. The van der Waals surface area contributed by atoms with Crippen molar-refractivity contribution in [2.75, 3.05) is 25.0 Å². The van der Waals surface area contributed by atoms with Crippen molar-refractivity contribution in [3.8, 4) is 0 Å². The molecule has 33 heavy (non-hydrogen) atoms. The Balaban J connectivity index is 1.18. The van der Waals surface area contributed by atoms with E-state index in [0.717, 1.165) is 11.8 Å². The van der Waals surface area contributed by atoms with Gasteiger partial charge in [0.25, 0.3) is 5.56 Å². The van der Waals surface area contributed by atoms with E-state index in [1.165, 1.54) is 4.90 Å². The zero-order valence-corrected chi connectivity index (χ0v) is 17.9. The summed E-state index contributed by atoms with van der Waals surface area (Å²) in [5, 5.41) is 27.0. The molecule has 12 heteroatoms. The Labute approximate surface area is 188 Å². The number of aromatic amines is 1. The predicted octanol–water partition coefficient (Wildman–Crippen LogP) is 1.67. The Morgan fingerprint density at radius 1 is 1.24 bits per heavy atom. The van der Waals surface area contributed by atoms with E-state index in [-0.39, 0.29) is 24.3 Å². The van der Waals surface area contributed by atoms with E-state index in [0.29, 0.717) is 55.4 Å². The van der Waals surface area contributed by atoms with E-state index in [4.69, 9.17) is 4.52 Å². The van der Waals surface area contributed by atoms with Crippen LogP contribution in [-0.2, 0) is 11.2 Å². The van der Waals surface area contributed by atoms with Gasteiger partial charge in [0, 0.05) is 37.9 Å². The fourth-order valence-electron chi connectivity index (χ4n) is 3.85. The number of amides is 2. The normalized spacial score (nSPS) is 15.6. The first kappa shape index (κ1) is 22.2. The standard InChI is InChI=1S/C21H25N7O5/c29-16(8-9-17-24-19(27-33-17)15-7-3-12-28(15)21(31)32)22-10-4-11-23-18-13-5-1-2-6-14(13)20(30)26-25-18/h1-2,5-6,15H,3-4,7-12H2,(H,22,29)(H,23,25)(H,26,30)(H,31,32). The molecule has 4 rings (SSSR count). The highest BCUT2D eigenvalue weighted by Gasteiger charge is 2.33. The molecule has 2 aromatic heterocycles. The third kappa shape index (κ3) is 5.27. The van der Waals surface area contributed by atoms with Crippen LogP contribution in [0.5, 0.6) is 0 Å². The lowest BCUT2D eigenvalue weighted by Crippen LogP contribution is -2.29. The summed E-state index contributed by atoms with van der Waals surface area (Å²) >= 11 is 0. The first-order chi connectivity index (χ1) is 16.0. The molecule has 1 fully saturated rings. The molecular weight excluding hydrogens is 430 g/mol. The maximum atomic E-state index is 12.1. The second-order valence-electron chi connectivity index (χ2n) is 7.76. The van der Waals surface area contributed by atoms with Gasteiger partial charge in [-0.05, 0) is 25.3 Å². The Kier molecular flexibility index (Phi) is 6.81. The smallest absolute Gasteiger partial charge is 0.407 e. The molecular formula is C21H25N7O5. The maximum Gasteiger partial charge on any atom is 0.407 e. The number of fused-ring (bicyclic) bond motifs is 1. The van der Waals surface area contributed by atoms with E-state index in [2.05, 4.69) is 31.0 Å². The van der Waals surface area contributed by atoms with E-state index in [9.17, 15) is 19.5 Å². The maximum absolute atomic E-state index is 12.1. The highest BCUT2D eigenvalue weighted by molar-refractivity contribution is 5.90. The third-order valence-corrected chi connectivity index (χ3v) is 5.51. The molecule has 0 bridgehead atoms. The number of carboxylic acid groups (broad SMARTS) is 1. The fourth-order valence-corrected chi connectivity index (χ4v) is 3.85. The van der Waals surface area contributed by atoms with Gasteiger partial charge in [-0.25, -0.2) is 9.89 Å². The molecule has 1 atom stereocenters. The number of nitrogens with one attached hydrogen (secondary N) is 3. The van der Waals surface area contributed by atoms with Crippen LogP contribution in [0.1, 0.15) is 43.4 Å². The van der Waals surface area contributed by atoms with E-state index in [1.807, 2.05) is 12.1 Å². The van der Waals surface area contributed by atoms with Crippen LogP contribution in [-0.4, -0.2) is 62.0 Å². The van der Waals surface area contributed by atoms with E-state index >= 15 is 0 Å². The first-order valence-electron chi connectivity index (χ1n) is 10.8. The zero-order chi connectivity index (χ0) is 23.2. The minimum absolute atomic E-state index is 0.143. The van der Waals surface area contributed by atoms with Crippen molar-refractivity contribution in [3.05, 3.63) is 46.3 Å². The molecule has 4 N–H and O–H groups in total. The molecule has 1 aromatic carbocycles. The molecule has 0 spiro atoms. The number of hydrogen-bond acceptors (Lipinski definition) is 8. The van der Waals surface area contributed by atoms with Crippen molar-refractivity contribution in [1.82, 2.24) is 30.6 Å². The fraction of sp³-hybridized carbons (Fsp3) is 0.429.